The van der Waals surface area contributed by atoms with Gasteiger partial charge in [0.05, 0.1) is 16.1 Å². The normalized spacial score (nSPS) is 19.6. The summed E-state index contributed by atoms with van der Waals surface area (Å²) in [6.07, 6.45) is -0.704. The van der Waals surface area contributed by atoms with E-state index in [4.69, 9.17) is 0 Å². The molecular weight excluding hydrogens is 508 g/mol. The van der Waals surface area contributed by atoms with Crippen molar-refractivity contribution in [2.24, 2.45) is 4.99 Å². The number of pyridine rings is 1. The molecule has 2 N–H and O–H groups in total. The molecule has 37 heavy (non-hydrogen) atoms. The van der Waals surface area contributed by atoms with Crippen molar-refractivity contribution in [1.29, 1.82) is 0 Å². The molecule has 2 aromatic heterocycles. The minimum Gasteiger partial charge on any atom is -0.478 e. The van der Waals surface area contributed by atoms with Crippen molar-refractivity contribution in [2.45, 2.75) is 44.5 Å². The van der Waals surface area contributed by atoms with Crippen molar-refractivity contribution >= 4 is 29.0 Å². The minimum atomic E-state index is -4.41. The summed E-state index contributed by atoms with van der Waals surface area (Å²) in [7, 11) is 0. The predicted molar refractivity (Wildman–Crippen MR) is 133 cm³/mol. The largest absolute Gasteiger partial charge is 0.478 e. The van der Waals surface area contributed by atoms with E-state index in [1.54, 1.807) is 12.1 Å². The molecule has 0 bridgehead atoms. The van der Waals surface area contributed by atoms with Gasteiger partial charge in [-0.2, -0.15) is 13.2 Å². The van der Waals surface area contributed by atoms with Gasteiger partial charge in [0, 0.05) is 18.3 Å². The summed E-state index contributed by atoms with van der Waals surface area (Å²) < 4.78 is 55.7. The number of benzene rings is 1. The first-order valence-corrected chi connectivity index (χ1v) is 12.4. The van der Waals surface area contributed by atoms with Crippen LogP contribution in [-0.4, -0.2) is 39.6 Å². The number of rotatable bonds is 4. The smallest absolute Gasteiger partial charge is 0.412 e. The molecule has 192 valence electrons. The van der Waals surface area contributed by atoms with Gasteiger partial charge >= 0.3 is 12.1 Å². The van der Waals surface area contributed by atoms with Gasteiger partial charge in [-0.3, -0.25) is 4.99 Å². The topological polar surface area (TPSA) is 87.5 Å². The Morgan fingerprint density at radius 3 is 2.76 bits per heavy atom. The maximum Gasteiger partial charge on any atom is 0.412 e. The highest BCUT2D eigenvalue weighted by atomic mass is 32.1. The molecule has 0 radical (unpaired) electrons. The Hall–Kier alpha value is -3.60. The average Bonchev–Trinajstić information content (AvgIpc) is 3.35. The lowest BCUT2D eigenvalue weighted by atomic mass is 9.80. The lowest BCUT2D eigenvalue weighted by Crippen LogP contribution is -2.27. The summed E-state index contributed by atoms with van der Waals surface area (Å²) in [6.45, 7) is 1.85. The molecule has 0 spiro atoms. The van der Waals surface area contributed by atoms with Gasteiger partial charge in [0.1, 0.15) is 16.7 Å². The van der Waals surface area contributed by atoms with Crippen LogP contribution in [-0.2, 0) is 12.1 Å². The first-order valence-electron chi connectivity index (χ1n) is 11.6. The lowest BCUT2D eigenvalue weighted by molar-refractivity contribution is -0.0938. The predicted octanol–water partition coefficient (Wildman–Crippen LogP) is 6.46. The number of thiazole rings is 1. The fraction of sp³-hybridized carbons (Fsp3) is 0.308. The molecule has 5 rings (SSSR count). The highest BCUT2D eigenvalue weighted by Gasteiger charge is 2.41. The van der Waals surface area contributed by atoms with Gasteiger partial charge in [-0.25, -0.2) is 19.2 Å². The molecule has 3 aromatic rings. The summed E-state index contributed by atoms with van der Waals surface area (Å²) in [4.78, 5) is 25.0. The third kappa shape index (κ3) is 5.00. The van der Waals surface area contributed by atoms with Crippen LogP contribution < -0.4 is 5.32 Å². The molecule has 0 amide bonds. The highest BCUT2D eigenvalue weighted by Crippen LogP contribution is 2.46. The number of aromatic nitrogens is 2. The third-order valence-corrected chi connectivity index (χ3v) is 7.56. The van der Waals surface area contributed by atoms with Crippen LogP contribution in [0.2, 0.25) is 0 Å². The van der Waals surface area contributed by atoms with Crippen LogP contribution >= 0.6 is 11.3 Å². The molecule has 1 unspecified atom stereocenters. The van der Waals surface area contributed by atoms with Crippen molar-refractivity contribution in [3.8, 4) is 10.6 Å². The van der Waals surface area contributed by atoms with Gasteiger partial charge in [-0.1, -0.05) is 6.07 Å². The van der Waals surface area contributed by atoms with Crippen LogP contribution in [0.1, 0.15) is 51.3 Å². The number of halogens is 4. The molecule has 6 nitrogen and oxygen atoms in total. The van der Waals surface area contributed by atoms with Crippen molar-refractivity contribution in [1.82, 2.24) is 9.97 Å². The van der Waals surface area contributed by atoms with E-state index in [-0.39, 0.29) is 35.8 Å². The van der Waals surface area contributed by atoms with E-state index >= 15 is 4.39 Å². The Bertz CT molecular complexity index is 1450. The molecule has 1 aliphatic heterocycles. The quantitative estimate of drug-likeness (QED) is 0.378. The van der Waals surface area contributed by atoms with Crippen molar-refractivity contribution < 1.29 is 27.5 Å². The van der Waals surface area contributed by atoms with E-state index in [2.05, 4.69) is 20.3 Å². The fourth-order valence-corrected chi connectivity index (χ4v) is 5.64. The molecule has 2 aliphatic rings. The number of carboxylic acid groups (broad SMARTS) is 1. The van der Waals surface area contributed by atoms with Crippen LogP contribution in [0.3, 0.4) is 0 Å². The maximum absolute atomic E-state index is 16.4. The second-order valence-corrected chi connectivity index (χ2v) is 10.1. The Balaban J connectivity index is 1.44. The van der Waals surface area contributed by atoms with Gasteiger partial charge in [0.15, 0.2) is 5.67 Å². The summed E-state index contributed by atoms with van der Waals surface area (Å²) in [5.74, 6) is -0.661. The van der Waals surface area contributed by atoms with E-state index in [0.29, 0.717) is 40.4 Å². The molecule has 1 aromatic carbocycles. The Morgan fingerprint density at radius 1 is 1.19 bits per heavy atom. The van der Waals surface area contributed by atoms with Gasteiger partial charge in [-0.15, -0.1) is 11.3 Å². The molecule has 1 atom stereocenters. The number of fused-ring (bicyclic) bond motifs is 1. The number of aryl methyl sites for hydroxylation is 2. The number of hydrogen-bond donors (Lipinski definition) is 2. The maximum atomic E-state index is 16.4. The standard InChI is InChI=1S/C26H22F4N4O2S/c1-14-9-19(33-22(10-14)34-21-12-17(6-8-31-21)26(28,29)30)20-13-32-24(37-20)25(27)7-2-3-15-11-16(23(35)36)4-5-18(15)25/h4-5,9-13H,2-3,6-8H2,1H3,(H,35,36)(H,31,33,34). The van der Waals surface area contributed by atoms with Gasteiger partial charge in [-0.05, 0) is 79.6 Å². The summed E-state index contributed by atoms with van der Waals surface area (Å²) >= 11 is 1.15. The Kier molecular flexibility index (Phi) is 6.35. The molecule has 3 heterocycles. The Labute approximate surface area is 213 Å². The fourth-order valence-electron chi connectivity index (χ4n) is 4.64. The highest BCUT2D eigenvalue weighted by molar-refractivity contribution is 7.15. The van der Waals surface area contributed by atoms with E-state index < -0.39 is 23.4 Å². The number of amidine groups is 1. The zero-order valence-electron chi connectivity index (χ0n) is 19.7. The Morgan fingerprint density at radius 2 is 2.00 bits per heavy atom. The number of dihydropyridines is 1. The second-order valence-electron chi connectivity index (χ2n) is 9.09. The number of carbonyl (C=O) groups is 1. The first kappa shape index (κ1) is 25.1. The number of nitrogens with one attached hydrogen (secondary N) is 1. The SMILES string of the molecule is Cc1cc(NC2=NCCC(C(F)(F)F)=C2)nc(-c2cnc(C3(F)CCCc4cc(C(=O)O)ccc43)s2)c1. The monoisotopic (exact) mass is 530 g/mol. The third-order valence-electron chi connectivity index (χ3n) is 6.41. The van der Waals surface area contributed by atoms with Crippen LogP contribution in [0.5, 0.6) is 0 Å². The van der Waals surface area contributed by atoms with Gasteiger partial charge < -0.3 is 10.4 Å². The number of alkyl halides is 4. The number of anilines is 1. The number of hydrogen-bond acceptors (Lipinski definition) is 6. The summed E-state index contributed by atoms with van der Waals surface area (Å²) in [5, 5.41) is 12.4. The second kappa shape index (κ2) is 9.37. The molecular formula is C26H22F4N4O2S. The van der Waals surface area contributed by atoms with Crippen molar-refractivity contribution in [2.75, 3.05) is 11.9 Å². The summed E-state index contributed by atoms with van der Waals surface area (Å²) in [6, 6.07) is 7.94. The van der Waals surface area contributed by atoms with Crippen molar-refractivity contribution in [3.63, 3.8) is 0 Å². The molecule has 0 saturated heterocycles. The number of carboxylic acids is 1. The molecule has 0 fully saturated rings. The van der Waals surface area contributed by atoms with Crippen LogP contribution in [0, 0.1) is 6.92 Å². The van der Waals surface area contributed by atoms with Crippen LogP contribution in [0.25, 0.3) is 10.6 Å². The minimum absolute atomic E-state index is 0.0264. The number of nitrogens with zero attached hydrogens (tertiary/aromatic N) is 3. The summed E-state index contributed by atoms with van der Waals surface area (Å²) in [5.41, 5.74) is 0.000144. The number of aromatic carboxylic acids is 1. The first-order chi connectivity index (χ1) is 17.5. The van der Waals surface area contributed by atoms with Gasteiger partial charge in [0.25, 0.3) is 0 Å². The lowest BCUT2D eigenvalue weighted by Gasteiger charge is -2.30. The van der Waals surface area contributed by atoms with E-state index in [1.165, 1.54) is 24.4 Å². The average molecular weight is 531 g/mol. The van der Waals surface area contributed by atoms with Crippen LogP contribution in [0.4, 0.5) is 23.4 Å². The zero-order valence-corrected chi connectivity index (χ0v) is 20.5. The molecule has 11 heteroatoms. The van der Waals surface area contributed by atoms with Crippen LogP contribution in [0.15, 0.2) is 53.2 Å². The molecule has 1 aliphatic carbocycles. The molecule has 0 saturated carbocycles. The van der Waals surface area contributed by atoms with Crippen molar-refractivity contribution in [3.05, 3.63) is 75.4 Å². The number of aliphatic imine (C=N–C) groups is 1. The van der Waals surface area contributed by atoms with E-state index in [0.717, 1.165) is 23.0 Å². The van der Waals surface area contributed by atoms with Gasteiger partial charge in [0.2, 0.25) is 0 Å². The van der Waals surface area contributed by atoms with E-state index in [9.17, 15) is 23.1 Å². The van der Waals surface area contributed by atoms with E-state index in [1.807, 2.05) is 6.92 Å². The zero-order chi connectivity index (χ0) is 26.4.